The van der Waals surface area contributed by atoms with Crippen LogP contribution in [-0.2, 0) is 0 Å². The highest BCUT2D eigenvalue weighted by molar-refractivity contribution is 5.23. The second kappa shape index (κ2) is 7.67. The molecular weight excluding hydrogens is 503 g/mol. The molecule has 0 aromatic heterocycles. The molecule has 0 amide bonds. The number of halogens is 17. The summed E-state index contributed by atoms with van der Waals surface area (Å²) in [6, 6.07) is 0. The van der Waals surface area contributed by atoms with E-state index in [2.05, 4.69) is 0 Å². The van der Waals surface area contributed by atoms with E-state index in [4.69, 9.17) is 0 Å². The Morgan fingerprint density at radius 2 is 0.906 bits per heavy atom. The van der Waals surface area contributed by atoms with Crippen LogP contribution in [0.15, 0.2) is 23.8 Å². The molecule has 0 unspecified atom stereocenters. The predicted molar refractivity (Wildman–Crippen MR) is 71.8 cm³/mol. The van der Waals surface area contributed by atoms with E-state index < -0.39 is 60.5 Å². The average Bonchev–Trinajstić information content (AvgIpc) is 3.11. The van der Waals surface area contributed by atoms with Crippen LogP contribution in [0.5, 0.6) is 0 Å². The molecule has 0 spiro atoms. The fourth-order valence-corrected chi connectivity index (χ4v) is 2.35. The average molecular weight is 512 g/mol. The largest absolute Gasteiger partial charge is 0.460 e. The number of rotatable bonds is 9. The Morgan fingerprint density at radius 1 is 0.531 bits per heavy atom. The summed E-state index contributed by atoms with van der Waals surface area (Å²) in [6.45, 7) is 0. The first-order valence-corrected chi connectivity index (χ1v) is 7.89. The molecule has 1 aliphatic carbocycles. The lowest BCUT2D eigenvalue weighted by atomic mass is 9.87. The molecule has 0 aromatic rings. The zero-order valence-electron chi connectivity index (χ0n) is 14.8. The van der Waals surface area contributed by atoms with Crippen molar-refractivity contribution in [1.82, 2.24) is 0 Å². The molecule has 0 atom stereocenters. The van der Waals surface area contributed by atoms with Gasteiger partial charge < -0.3 is 0 Å². The second-order valence-corrected chi connectivity index (χ2v) is 6.61. The van der Waals surface area contributed by atoms with Crippen LogP contribution in [0.4, 0.5) is 74.6 Å². The maximum absolute atomic E-state index is 13.6. The van der Waals surface area contributed by atoms with Crippen LogP contribution in [0.3, 0.4) is 0 Å². The van der Waals surface area contributed by atoms with Crippen molar-refractivity contribution in [2.45, 2.75) is 66.9 Å². The number of allylic oxidation sites excluding steroid dienone is 4. The zero-order chi connectivity index (χ0) is 25.8. The molecular formula is C15H9F17. The molecule has 0 heterocycles. The maximum atomic E-state index is 13.6. The topological polar surface area (TPSA) is 0 Å². The molecule has 32 heavy (non-hydrogen) atoms. The summed E-state index contributed by atoms with van der Waals surface area (Å²) < 4.78 is 222. The van der Waals surface area contributed by atoms with Gasteiger partial charge in [0.15, 0.2) is 0 Å². The van der Waals surface area contributed by atoms with E-state index in [0.29, 0.717) is 0 Å². The smallest absolute Gasteiger partial charge is 0.200 e. The molecule has 0 saturated carbocycles. The fraction of sp³-hybridized carbons (Fsp3) is 0.733. The molecule has 17 heteroatoms. The third kappa shape index (κ3) is 3.82. The molecule has 1 aliphatic rings. The van der Waals surface area contributed by atoms with Gasteiger partial charge in [-0.3, -0.25) is 0 Å². The Morgan fingerprint density at radius 3 is 1.25 bits per heavy atom. The summed E-state index contributed by atoms with van der Waals surface area (Å²) in [7, 11) is 0. The van der Waals surface area contributed by atoms with Crippen LogP contribution in [0.25, 0.3) is 0 Å². The second-order valence-electron chi connectivity index (χ2n) is 6.61. The van der Waals surface area contributed by atoms with Crippen molar-refractivity contribution in [2.75, 3.05) is 0 Å². The van der Waals surface area contributed by atoms with Gasteiger partial charge >= 0.3 is 47.6 Å². The van der Waals surface area contributed by atoms with Crippen molar-refractivity contribution >= 4 is 0 Å². The van der Waals surface area contributed by atoms with Crippen molar-refractivity contribution in [3.63, 3.8) is 0 Å². The normalized spacial score (nSPS) is 17.7. The van der Waals surface area contributed by atoms with Gasteiger partial charge in [-0.05, 0) is 12.8 Å². The Hall–Kier alpha value is -1.71. The SMILES string of the molecule is FC(F)(F)C(F)(F)C(F)(F)C(F)(F)C(F)(F)C(F)(F)C(F)(F)C(F)(F)CCC1=CC=CC1. The summed E-state index contributed by atoms with van der Waals surface area (Å²) in [6.07, 6.45) is -8.10. The number of hydrogen-bond donors (Lipinski definition) is 0. The quantitative estimate of drug-likeness (QED) is 0.279. The molecule has 0 radical (unpaired) electrons. The van der Waals surface area contributed by atoms with Gasteiger partial charge in [0.2, 0.25) is 0 Å². The lowest BCUT2D eigenvalue weighted by molar-refractivity contribution is -0.461. The van der Waals surface area contributed by atoms with Crippen molar-refractivity contribution in [2.24, 2.45) is 0 Å². The highest BCUT2D eigenvalue weighted by Crippen LogP contribution is 2.64. The molecule has 1 rings (SSSR count). The summed E-state index contributed by atoms with van der Waals surface area (Å²) in [5, 5.41) is 0. The summed E-state index contributed by atoms with van der Waals surface area (Å²) in [5.74, 6) is -55.8. The third-order valence-corrected chi connectivity index (χ3v) is 4.40. The van der Waals surface area contributed by atoms with E-state index in [-0.39, 0.29) is 12.0 Å². The minimum absolute atomic E-state index is 0.141. The van der Waals surface area contributed by atoms with Crippen molar-refractivity contribution in [1.29, 1.82) is 0 Å². The Kier molecular flexibility index (Phi) is 6.79. The first-order chi connectivity index (χ1) is 13.8. The number of alkyl halides is 17. The third-order valence-electron chi connectivity index (χ3n) is 4.40. The highest BCUT2D eigenvalue weighted by Gasteiger charge is 2.95. The van der Waals surface area contributed by atoms with Gasteiger partial charge in [0.1, 0.15) is 0 Å². The van der Waals surface area contributed by atoms with E-state index in [9.17, 15) is 74.6 Å². The Labute approximate surface area is 166 Å². The Bertz CT molecular complexity index is 752. The molecule has 0 bridgehead atoms. The van der Waals surface area contributed by atoms with Crippen molar-refractivity contribution in [3.8, 4) is 0 Å². The lowest BCUT2D eigenvalue weighted by Crippen LogP contribution is -2.74. The van der Waals surface area contributed by atoms with Crippen LogP contribution < -0.4 is 0 Å². The number of hydrogen-bond acceptors (Lipinski definition) is 0. The molecule has 0 aromatic carbocycles. The van der Waals surface area contributed by atoms with E-state index in [1.807, 2.05) is 0 Å². The molecule has 0 saturated heterocycles. The van der Waals surface area contributed by atoms with Crippen LogP contribution in [-0.4, -0.2) is 47.6 Å². The van der Waals surface area contributed by atoms with Crippen LogP contribution in [0, 0.1) is 0 Å². The molecule has 0 fully saturated rings. The zero-order valence-corrected chi connectivity index (χ0v) is 14.8. The van der Waals surface area contributed by atoms with Gasteiger partial charge in [0, 0.05) is 6.42 Å². The molecule has 0 aliphatic heterocycles. The van der Waals surface area contributed by atoms with E-state index >= 15 is 0 Å². The van der Waals surface area contributed by atoms with Gasteiger partial charge in [0.25, 0.3) is 0 Å². The first kappa shape index (κ1) is 28.3. The van der Waals surface area contributed by atoms with Crippen LogP contribution >= 0.6 is 0 Å². The lowest BCUT2D eigenvalue weighted by Gasteiger charge is -2.42. The minimum atomic E-state index is -8.58. The van der Waals surface area contributed by atoms with Crippen LogP contribution in [0.2, 0.25) is 0 Å². The van der Waals surface area contributed by atoms with E-state index in [0.717, 1.165) is 6.08 Å². The molecule has 188 valence electrons. The van der Waals surface area contributed by atoms with Gasteiger partial charge in [0.05, 0.1) is 0 Å². The maximum Gasteiger partial charge on any atom is 0.460 e. The minimum Gasteiger partial charge on any atom is -0.200 e. The highest BCUT2D eigenvalue weighted by atomic mass is 19.4. The van der Waals surface area contributed by atoms with Gasteiger partial charge in [-0.15, -0.1) is 0 Å². The Balaban J connectivity index is 3.44. The van der Waals surface area contributed by atoms with Gasteiger partial charge in [-0.1, -0.05) is 23.8 Å². The summed E-state index contributed by atoms with van der Waals surface area (Å²) in [4.78, 5) is 0. The van der Waals surface area contributed by atoms with E-state index in [1.165, 1.54) is 12.2 Å². The predicted octanol–water partition coefficient (Wildman–Crippen LogP) is 7.66. The standard InChI is InChI=1S/C15H9F17/c16-8(17,6-5-7-3-1-2-4-7)9(18,19)10(20,21)11(22,23)12(24,25)13(26,27)14(28,29)15(30,31)32/h1-3H,4-6H2. The van der Waals surface area contributed by atoms with E-state index in [1.54, 1.807) is 0 Å². The fourth-order valence-electron chi connectivity index (χ4n) is 2.35. The van der Waals surface area contributed by atoms with Crippen LogP contribution in [0.1, 0.15) is 19.3 Å². The van der Waals surface area contributed by atoms with Crippen molar-refractivity contribution < 1.29 is 74.6 Å². The first-order valence-electron chi connectivity index (χ1n) is 7.89. The molecule has 0 nitrogen and oxygen atoms in total. The van der Waals surface area contributed by atoms with Gasteiger partial charge in [-0.25, -0.2) is 0 Å². The molecule has 0 N–H and O–H groups in total. The summed E-state index contributed by atoms with van der Waals surface area (Å²) >= 11 is 0. The monoisotopic (exact) mass is 512 g/mol. The van der Waals surface area contributed by atoms with Gasteiger partial charge in [-0.2, -0.15) is 74.6 Å². The summed E-state index contributed by atoms with van der Waals surface area (Å²) in [5.41, 5.74) is -0.141. The van der Waals surface area contributed by atoms with Crippen molar-refractivity contribution in [3.05, 3.63) is 23.8 Å².